The number of carbonyl (C=O) groups is 1. The maximum absolute atomic E-state index is 12.3. The molecule has 0 aliphatic rings. The maximum atomic E-state index is 12.3. The van der Waals surface area contributed by atoms with Crippen molar-refractivity contribution in [1.82, 2.24) is 15.5 Å². The van der Waals surface area contributed by atoms with Crippen LogP contribution in [0.5, 0.6) is 0 Å². The lowest BCUT2D eigenvalue weighted by Crippen LogP contribution is -2.45. The minimum absolute atomic E-state index is 0.0104. The van der Waals surface area contributed by atoms with Crippen molar-refractivity contribution in [3.05, 3.63) is 16.8 Å². The lowest BCUT2D eigenvalue weighted by molar-refractivity contribution is -0.146. The molecule has 6 nitrogen and oxygen atoms in total. The Morgan fingerprint density at radius 2 is 1.96 bits per heavy atom. The number of nitrogens with zero attached hydrogens (tertiary/aromatic N) is 2. The first-order chi connectivity index (χ1) is 10.4. The van der Waals surface area contributed by atoms with Gasteiger partial charge in [-0.1, -0.05) is 32.4 Å². The van der Waals surface area contributed by atoms with E-state index in [0.717, 1.165) is 0 Å². The molecule has 4 N–H and O–H groups in total. The monoisotopic (exact) mass is 353 g/mol. The van der Waals surface area contributed by atoms with E-state index >= 15 is 0 Å². The van der Waals surface area contributed by atoms with E-state index in [1.807, 2.05) is 0 Å². The number of nitrogens with two attached hydrogens (primary N) is 1. The molecule has 0 aliphatic carbocycles. The number of nitrogens with one attached hydrogen (secondary N) is 2. The first-order valence-corrected chi connectivity index (χ1v) is 7.15. The van der Waals surface area contributed by atoms with Crippen LogP contribution in [0.25, 0.3) is 0 Å². The van der Waals surface area contributed by atoms with Crippen LogP contribution in [-0.4, -0.2) is 34.9 Å². The predicted molar refractivity (Wildman–Crippen MR) is 80.9 cm³/mol. The highest BCUT2D eigenvalue weighted by atomic mass is 35.5. The minimum atomic E-state index is -4.47. The molecule has 23 heavy (non-hydrogen) atoms. The van der Waals surface area contributed by atoms with Crippen molar-refractivity contribution in [3.63, 3.8) is 0 Å². The Kier molecular flexibility index (Phi) is 6.32. The zero-order valence-electron chi connectivity index (χ0n) is 13.0. The van der Waals surface area contributed by atoms with Crippen molar-refractivity contribution in [2.45, 2.75) is 39.5 Å². The number of carbonyl (C=O) groups excluding carboxylic acids is 1. The third kappa shape index (κ3) is 6.28. The Morgan fingerprint density at radius 1 is 1.35 bits per heavy atom. The molecule has 0 fully saturated rings. The number of halogens is 4. The molecule has 1 amide bonds. The topological polar surface area (TPSA) is 92.9 Å². The second-order valence-corrected chi connectivity index (χ2v) is 6.39. The van der Waals surface area contributed by atoms with Gasteiger partial charge in [0, 0.05) is 24.1 Å². The molecule has 1 unspecified atom stereocenters. The standard InChI is InChI=1S/C13H19ClF3N5O/c1-12(2,3)11(23)20-9-4-7(10(14)22-21-9)5-19-6-8(18)13(15,16)17/h4,8,19H,5-6,18H2,1-3H3,(H,20,21,23). The summed E-state index contributed by atoms with van der Waals surface area (Å²) >= 11 is 5.85. The molecule has 0 bridgehead atoms. The van der Waals surface area contributed by atoms with Gasteiger partial charge in [0.2, 0.25) is 5.91 Å². The zero-order chi connectivity index (χ0) is 17.8. The fraction of sp³-hybridized carbons (Fsp3) is 0.615. The number of hydrogen-bond donors (Lipinski definition) is 3. The van der Waals surface area contributed by atoms with Crippen molar-refractivity contribution in [3.8, 4) is 0 Å². The van der Waals surface area contributed by atoms with Gasteiger partial charge in [-0.3, -0.25) is 4.79 Å². The van der Waals surface area contributed by atoms with Crippen LogP contribution >= 0.6 is 11.6 Å². The molecule has 0 radical (unpaired) electrons. The van der Waals surface area contributed by atoms with Gasteiger partial charge in [0.15, 0.2) is 11.0 Å². The average Bonchev–Trinajstić information content (AvgIpc) is 2.39. The quantitative estimate of drug-likeness (QED) is 0.753. The van der Waals surface area contributed by atoms with Crippen LogP contribution in [0.3, 0.4) is 0 Å². The molecule has 0 aliphatic heterocycles. The number of alkyl halides is 3. The lowest BCUT2D eigenvalue weighted by atomic mass is 9.96. The van der Waals surface area contributed by atoms with Crippen LogP contribution < -0.4 is 16.4 Å². The van der Waals surface area contributed by atoms with E-state index in [-0.39, 0.29) is 23.4 Å². The van der Waals surface area contributed by atoms with Crippen LogP contribution in [0.2, 0.25) is 5.15 Å². The number of aromatic nitrogens is 2. The first kappa shape index (κ1) is 19.6. The average molecular weight is 354 g/mol. The highest BCUT2D eigenvalue weighted by Gasteiger charge is 2.36. The van der Waals surface area contributed by atoms with Crippen LogP contribution in [0, 0.1) is 5.41 Å². The highest BCUT2D eigenvalue weighted by Crippen LogP contribution is 2.20. The summed E-state index contributed by atoms with van der Waals surface area (Å²) in [5.41, 5.74) is 4.77. The Bertz CT molecular complexity index is 560. The van der Waals surface area contributed by atoms with Crippen molar-refractivity contribution in [1.29, 1.82) is 0 Å². The van der Waals surface area contributed by atoms with Crippen LogP contribution in [0.4, 0.5) is 19.0 Å². The van der Waals surface area contributed by atoms with Gasteiger partial charge >= 0.3 is 6.18 Å². The Balaban J connectivity index is 2.69. The van der Waals surface area contributed by atoms with Crippen molar-refractivity contribution < 1.29 is 18.0 Å². The molecule has 1 rings (SSSR count). The second kappa shape index (κ2) is 7.41. The van der Waals surface area contributed by atoms with Crippen LogP contribution in [-0.2, 0) is 11.3 Å². The largest absolute Gasteiger partial charge is 0.404 e. The minimum Gasteiger partial charge on any atom is -0.319 e. The van der Waals surface area contributed by atoms with Crippen LogP contribution in [0.15, 0.2) is 6.07 Å². The summed E-state index contributed by atoms with van der Waals surface area (Å²) in [6, 6.07) is -0.526. The van der Waals surface area contributed by atoms with Gasteiger partial charge in [-0.25, -0.2) is 0 Å². The zero-order valence-corrected chi connectivity index (χ0v) is 13.7. The van der Waals surface area contributed by atoms with Gasteiger partial charge in [0.05, 0.1) is 0 Å². The fourth-order valence-corrected chi connectivity index (χ4v) is 1.54. The third-order valence-corrected chi connectivity index (χ3v) is 3.16. The molecule has 1 aromatic rings. The third-order valence-electron chi connectivity index (χ3n) is 2.84. The number of hydrogen-bond acceptors (Lipinski definition) is 5. The molecule has 0 saturated carbocycles. The van der Waals surface area contributed by atoms with E-state index in [4.69, 9.17) is 17.3 Å². The van der Waals surface area contributed by atoms with E-state index < -0.39 is 24.2 Å². The van der Waals surface area contributed by atoms with Crippen LogP contribution in [0.1, 0.15) is 26.3 Å². The van der Waals surface area contributed by atoms with E-state index in [1.54, 1.807) is 20.8 Å². The SMILES string of the molecule is CC(C)(C)C(=O)Nc1cc(CNCC(N)C(F)(F)F)c(Cl)nn1. The van der Waals surface area contributed by atoms with Gasteiger partial charge in [0.25, 0.3) is 0 Å². The molecular formula is C13H19ClF3N5O. The van der Waals surface area contributed by atoms with Gasteiger partial charge in [0.1, 0.15) is 6.04 Å². The molecule has 1 atom stereocenters. The van der Waals surface area contributed by atoms with Gasteiger partial charge in [-0.15, -0.1) is 10.2 Å². The van der Waals surface area contributed by atoms with Gasteiger partial charge in [-0.05, 0) is 6.07 Å². The van der Waals surface area contributed by atoms with E-state index in [9.17, 15) is 18.0 Å². The molecule has 0 aromatic carbocycles. The smallest absolute Gasteiger partial charge is 0.319 e. The Hall–Kier alpha value is -1.45. The molecule has 130 valence electrons. The summed E-state index contributed by atoms with van der Waals surface area (Å²) in [4.78, 5) is 11.9. The van der Waals surface area contributed by atoms with Crippen molar-refractivity contribution in [2.75, 3.05) is 11.9 Å². The number of anilines is 1. The van der Waals surface area contributed by atoms with Crippen molar-refractivity contribution >= 4 is 23.3 Å². The highest BCUT2D eigenvalue weighted by molar-refractivity contribution is 6.30. The van der Waals surface area contributed by atoms with Gasteiger partial charge < -0.3 is 16.4 Å². The van der Waals surface area contributed by atoms with E-state index in [1.165, 1.54) is 6.07 Å². The predicted octanol–water partition coefficient (Wildman–Crippen LogP) is 2.09. The van der Waals surface area contributed by atoms with Crippen molar-refractivity contribution in [2.24, 2.45) is 11.1 Å². The fourth-order valence-electron chi connectivity index (χ4n) is 1.38. The summed E-state index contributed by atoms with van der Waals surface area (Å²) in [5.74, 6) is -0.0987. The summed E-state index contributed by atoms with van der Waals surface area (Å²) < 4.78 is 36.9. The lowest BCUT2D eigenvalue weighted by Gasteiger charge is -2.18. The van der Waals surface area contributed by atoms with E-state index in [2.05, 4.69) is 20.8 Å². The van der Waals surface area contributed by atoms with Gasteiger partial charge in [-0.2, -0.15) is 13.2 Å². The molecule has 1 heterocycles. The normalized spacial score (nSPS) is 13.7. The Morgan fingerprint density at radius 3 is 2.48 bits per heavy atom. The Labute approximate surface area is 137 Å². The number of rotatable bonds is 5. The first-order valence-electron chi connectivity index (χ1n) is 6.78. The number of amides is 1. The summed E-state index contributed by atoms with van der Waals surface area (Å²) in [6.45, 7) is 4.73. The molecule has 0 saturated heterocycles. The molecule has 1 aromatic heterocycles. The maximum Gasteiger partial charge on any atom is 0.404 e. The second-order valence-electron chi connectivity index (χ2n) is 6.03. The van der Waals surface area contributed by atoms with E-state index in [0.29, 0.717) is 5.56 Å². The molecular weight excluding hydrogens is 335 g/mol. The molecule has 0 spiro atoms. The molecule has 10 heteroatoms. The summed E-state index contributed by atoms with van der Waals surface area (Å²) in [6.07, 6.45) is -4.47. The summed E-state index contributed by atoms with van der Waals surface area (Å²) in [7, 11) is 0. The summed E-state index contributed by atoms with van der Waals surface area (Å²) in [5, 5.41) is 12.5.